The van der Waals surface area contributed by atoms with Gasteiger partial charge in [0.2, 0.25) is 11.8 Å². The lowest BCUT2D eigenvalue weighted by atomic mass is 10.0. The van der Waals surface area contributed by atoms with Crippen LogP contribution in [-0.2, 0) is 32.6 Å². The molecule has 0 heterocycles. The molecule has 0 aliphatic heterocycles. The van der Waals surface area contributed by atoms with Gasteiger partial charge in [0.25, 0.3) is 10.0 Å². The van der Waals surface area contributed by atoms with Crippen molar-refractivity contribution in [2.75, 3.05) is 18.0 Å². The Kier molecular flexibility index (Phi) is 12.0. The lowest BCUT2D eigenvalue weighted by Gasteiger charge is -2.34. The third-order valence-corrected chi connectivity index (χ3v) is 10.2. The van der Waals surface area contributed by atoms with Crippen LogP contribution in [0.25, 0.3) is 0 Å². The van der Waals surface area contributed by atoms with Gasteiger partial charge in [-0.3, -0.25) is 13.9 Å². The summed E-state index contributed by atoms with van der Waals surface area (Å²) in [6, 6.07) is 27.2. The van der Waals surface area contributed by atoms with Crippen LogP contribution in [0.15, 0.2) is 111 Å². The van der Waals surface area contributed by atoms with Gasteiger partial charge >= 0.3 is 0 Å². The van der Waals surface area contributed by atoms with E-state index in [4.69, 9.17) is 4.74 Å². The van der Waals surface area contributed by atoms with Gasteiger partial charge in [-0.05, 0) is 90.3 Å². The molecule has 4 rings (SSSR count). The van der Waals surface area contributed by atoms with Crippen molar-refractivity contribution in [3.63, 3.8) is 0 Å². The van der Waals surface area contributed by atoms with Crippen molar-refractivity contribution >= 4 is 59.4 Å². The number of methoxy groups -OCH3 is 1. The van der Waals surface area contributed by atoms with Gasteiger partial charge in [-0.1, -0.05) is 76.1 Å². The first-order chi connectivity index (χ1) is 21.9. The molecule has 0 spiro atoms. The molecule has 0 aliphatic carbocycles. The minimum absolute atomic E-state index is 0.0219. The molecule has 0 fully saturated rings. The predicted octanol–water partition coefficient (Wildman–Crippen LogP) is 6.89. The molecule has 46 heavy (non-hydrogen) atoms. The summed E-state index contributed by atoms with van der Waals surface area (Å²) < 4.78 is 36.3. The molecular formula is C35H37Br2N3O5S. The van der Waals surface area contributed by atoms with Gasteiger partial charge in [0, 0.05) is 23.5 Å². The van der Waals surface area contributed by atoms with Crippen LogP contribution >= 0.6 is 31.9 Å². The maximum atomic E-state index is 14.5. The summed E-state index contributed by atoms with van der Waals surface area (Å²) in [5.74, 6) is -0.384. The number of carbonyl (C=O) groups is 2. The van der Waals surface area contributed by atoms with E-state index in [1.54, 1.807) is 30.3 Å². The van der Waals surface area contributed by atoms with Crippen molar-refractivity contribution in [2.45, 2.75) is 50.7 Å². The number of hydrogen-bond acceptors (Lipinski definition) is 5. The highest BCUT2D eigenvalue weighted by Gasteiger charge is 2.35. The van der Waals surface area contributed by atoms with Gasteiger partial charge in [-0.2, -0.15) is 0 Å². The van der Waals surface area contributed by atoms with Crippen LogP contribution in [0.5, 0.6) is 5.75 Å². The number of aryl methyl sites for hydroxylation is 1. The molecule has 1 N–H and O–H groups in total. The number of nitrogens with one attached hydrogen (secondary N) is 1. The second-order valence-electron chi connectivity index (χ2n) is 11.2. The number of ether oxygens (including phenoxy) is 1. The van der Waals surface area contributed by atoms with E-state index in [0.717, 1.165) is 25.5 Å². The Hall–Kier alpha value is -3.67. The Labute approximate surface area is 288 Å². The quantitative estimate of drug-likeness (QED) is 0.160. The lowest BCUT2D eigenvalue weighted by molar-refractivity contribution is -0.140. The molecule has 0 unspecified atom stereocenters. The highest BCUT2D eigenvalue weighted by Crippen LogP contribution is 2.31. The number of nitrogens with zero attached hydrogens (tertiary/aromatic N) is 2. The molecule has 0 saturated heterocycles. The average molecular weight is 772 g/mol. The van der Waals surface area contributed by atoms with E-state index < -0.39 is 28.5 Å². The van der Waals surface area contributed by atoms with E-state index in [1.165, 1.54) is 24.1 Å². The molecule has 0 aliphatic rings. The smallest absolute Gasteiger partial charge is 0.264 e. The van der Waals surface area contributed by atoms with Crippen molar-refractivity contribution in [1.82, 2.24) is 10.2 Å². The van der Waals surface area contributed by atoms with Crippen LogP contribution in [0.1, 0.15) is 30.5 Å². The second-order valence-corrected chi connectivity index (χ2v) is 14.8. The number of sulfonamides is 1. The van der Waals surface area contributed by atoms with Crippen LogP contribution < -0.4 is 14.4 Å². The van der Waals surface area contributed by atoms with E-state index in [-0.39, 0.29) is 29.8 Å². The van der Waals surface area contributed by atoms with Crippen LogP contribution in [0.3, 0.4) is 0 Å². The van der Waals surface area contributed by atoms with Gasteiger partial charge in [-0.15, -0.1) is 0 Å². The van der Waals surface area contributed by atoms with Crippen molar-refractivity contribution in [3.8, 4) is 5.75 Å². The SMILES string of the molecule is COc1ccc(S(=O)(=O)N(CC(=O)N(Cc2ccc(Br)cc2)[C@@H](Cc2ccccc2)C(=O)NC(C)C)c2ccc(C)cc2)cc1Br. The number of anilines is 1. The molecule has 4 aromatic rings. The largest absolute Gasteiger partial charge is 0.496 e. The number of hydrogen-bond donors (Lipinski definition) is 1. The average Bonchev–Trinajstić information content (AvgIpc) is 3.03. The van der Waals surface area contributed by atoms with Gasteiger partial charge in [0.1, 0.15) is 18.3 Å². The zero-order valence-corrected chi connectivity index (χ0v) is 30.1. The van der Waals surface area contributed by atoms with Crippen LogP contribution in [0.4, 0.5) is 5.69 Å². The second kappa shape index (κ2) is 15.8. The Morgan fingerprint density at radius 2 is 1.52 bits per heavy atom. The topological polar surface area (TPSA) is 96.0 Å². The van der Waals surface area contributed by atoms with E-state index in [9.17, 15) is 18.0 Å². The maximum absolute atomic E-state index is 14.5. The maximum Gasteiger partial charge on any atom is 0.264 e. The molecule has 0 bridgehead atoms. The first-order valence-electron chi connectivity index (χ1n) is 14.7. The molecule has 11 heteroatoms. The van der Waals surface area contributed by atoms with Gasteiger partial charge in [0.05, 0.1) is 22.2 Å². The van der Waals surface area contributed by atoms with Crippen molar-refractivity contribution in [1.29, 1.82) is 0 Å². The normalized spacial score (nSPS) is 12.0. The number of benzene rings is 4. The summed E-state index contributed by atoms with van der Waals surface area (Å²) in [7, 11) is -2.76. The van der Waals surface area contributed by atoms with Crippen LogP contribution in [0, 0.1) is 6.92 Å². The van der Waals surface area contributed by atoms with Gasteiger partial charge < -0.3 is 15.0 Å². The molecular weight excluding hydrogens is 734 g/mol. The fraction of sp³-hybridized carbons (Fsp3) is 0.257. The summed E-state index contributed by atoms with van der Waals surface area (Å²) >= 11 is 6.84. The summed E-state index contributed by atoms with van der Waals surface area (Å²) in [5.41, 5.74) is 2.91. The molecule has 2 amide bonds. The Balaban J connectivity index is 1.81. The third kappa shape index (κ3) is 8.98. The molecule has 0 radical (unpaired) electrons. The highest BCUT2D eigenvalue weighted by molar-refractivity contribution is 9.10. The lowest BCUT2D eigenvalue weighted by Crippen LogP contribution is -2.54. The van der Waals surface area contributed by atoms with Gasteiger partial charge in [-0.25, -0.2) is 8.42 Å². The van der Waals surface area contributed by atoms with Gasteiger partial charge in [0.15, 0.2) is 0 Å². The van der Waals surface area contributed by atoms with Crippen LogP contribution in [0.2, 0.25) is 0 Å². The van der Waals surface area contributed by atoms with Crippen molar-refractivity contribution in [3.05, 3.63) is 123 Å². The molecule has 4 aromatic carbocycles. The first-order valence-corrected chi connectivity index (χ1v) is 17.7. The first kappa shape index (κ1) is 35.2. The standard InChI is InChI=1S/C35H37Br2N3O5S/c1-24(2)38-35(42)32(20-26-8-6-5-7-9-26)39(22-27-12-14-28(36)15-13-27)34(41)23-40(29-16-10-25(3)11-17-29)46(43,44)30-18-19-33(45-4)31(37)21-30/h5-19,21,24,32H,20,22-23H2,1-4H3,(H,38,42)/t32-/m0/s1. The minimum atomic E-state index is -4.25. The Morgan fingerprint density at radius 1 is 0.870 bits per heavy atom. The van der Waals surface area contributed by atoms with Crippen molar-refractivity contribution < 1.29 is 22.7 Å². The number of amides is 2. The molecule has 242 valence electrons. The Morgan fingerprint density at radius 3 is 2.11 bits per heavy atom. The van der Waals surface area contributed by atoms with E-state index in [2.05, 4.69) is 37.2 Å². The fourth-order valence-electron chi connectivity index (χ4n) is 4.90. The number of halogens is 2. The summed E-state index contributed by atoms with van der Waals surface area (Å²) in [6.07, 6.45) is 0.240. The minimum Gasteiger partial charge on any atom is -0.496 e. The molecule has 1 atom stereocenters. The molecule has 8 nitrogen and oxygen atoms in total. The van der Waals surface area contributed by atoms with Crippen LogP contribution in [-0.4, -0.2) is 50.9 Å². The zero-order valence-electron chi connectivity index (χ0n) is 26.1. The molecule has 0 aromatic heterocycles. The highest BCUT2D eigenvalue weighted by atomic mass is 79.9. The zero-order chi connectivity index (χ0) is 33.4. The predicted molar refractivity (Wildman–Crippen MR) is 188 cm³/mol. The molecule has 0 saturated carbocycles. The van der Waals surface area contributed by atoms with E-state index in [1.807, 2.05) is 75.4 Å². The number of carbonyl (C=O) groups excluding carboxylic acids is 2. The summed E-state index contributed by atoms with van der Waals surface area (Å²) in [6.45, 7) is 5.17. The summed E-state index contributed by atoms with van der Waals surface area (Å²) in [4.78, 5) is 29.8. The number of rotatable bonds is 13. The fourth-order valence-corrected chi connectivity index (χ4v) is 7.29. The third-order valence-electron chi connectivity index (χ3n) is 7.28. The Bertz CT molecular complexity index is 1750. The van der Waals surface area contributed by atoms with E-state index >= 15 is 0 Å². The van der Waals surface area contributed by atoms with Crippen molar-refractivity contribution in [2.24, 2.45) is 0 Å². The monoisotopic (exact) mass is 769 g/mol. The summed E-state index contributed by atoms with van der Waals surface area (Å²) in [5, 5.41) is 2.97. The van der Waals surface area contributed by atoms with E-state index in [0.29, 0.717) is 15.9 Å².